The molecule has 0 amide bonds. The molecule has 0 aliphatic heterocycles. The average Bonchev–Trinajstić information content (AvgIpc) is 2.42. The van der Waals surface area contributed by atoms with Crippen LogP contribution in [0.15, 0.2) is 0 Å². The van der Waals surface area contributed by atoms with E-state index in [1.807, 2.05) is 0 Å². The minimum absolute atomic E-state index is 0.0946. The Kier molecular flexibility index (Phi) is 6.51. The van der Waals surface area contributed by atoms with E-state index >= 15 is 0 Å². The van der Waals surface area contributed by atoms with Gasteiger partial charge < -0.3 is 4.74 Å². The SMILES string of the molecule is CCC(C)(OC(F)(F)C(F)(C(F)(F)F)C(C)(F)CC)C(F)C(F)(F)F. The second kappa shape index (κ2) is 6.73. The molecular formula is C13H17F11O. The molecule has 0 bridgehead atoms. The number of ether oxygens (including phenoxy) is 1. The molecule has 0 aromatic carbocycles. The van der Waals surface area contributed by atoms with E-state index in [1.165, 1.54) is 0 Å². The molecule has 0 aromatic heterocycles. The molecule has 0 saturated heterocycles. The Morgan fingerprint density at radius 2 is 1.16 bits per heavy atom. The minimum Gasteiger partial charge on any atom is -0.308 e. The summed E-state index contributed by atoms with van der Waals surface area (Å²) in [6, 6.07) is 0. The van der Waals surface area contributed by atoms with Crippen LogP contribution in [-0.2, 0) is 4.74 Å². The third kappa shape index (κ3) is 4.13. The van der Waals surface area contributed by atoms with Crippen LogP contribution >= 0.6 is 0 Å². The van der Waals surface area contributed by atoms with E-state index in [9.17, 15) is 48.3 Å². The van der Waals surface area contributed by atoms with Crippen LogP contribution in [0.3, 0.4) is 0 Å². The molecule has 4 unspecified atom stereocenters. The molecule has 0 radical (unpaired) electrons. The maximum Gasteiger partial charge on any atom is 0.434 e. The van der Waals surface area contributed by atoms with Crippen LogP contribution < -0.4 is 0 Å². The van der Waals surface area contributed by atoms with Crippen LogP contribution in [0.1, 0.15) is 40.5 Å². The van der Waals surface area contributed by atoms with E-state index in [1.54, 1.807) is 0 Å². The standard InChI is InChI=1S/C13H17F11O/c1-5-8(3,7(14)10(16,17)18)25-13(23,24)11(19,12(20,21)22)9(4,15)6-2/h7H,5-6H2,1-4H3. The van der Waals surface area contributed by atoms with E-state index in [0.29, 0.717) is 13.8 Å². The van der Waals surface area contributed by atoms with Crippen molar-refractivity contribution in [2.24, 2.45) is 0 Å². The highest BCUT2D eigenvalue weighted by Crippen LogP contribution is 2.56. The van der Waals surface area contributed by atoms with Crippen LogP contribution in [0.2, 0.25) is 0 Å². The highest BCUT2D eigenvalue weighted by Gasteiger charge is 2.81. The first-order chi connectivity index (χ1) is 10.7. The second-order valence-electron chi connectivity index (χ2n) is 5.90. The molecular weight excluding hydrogens is 381 g/mol. The van der Waals surface area contributed by atoms with E-state index in [4.69, 9.17) is 0 Å². The zero-order valence-corrected chi connectivity index (χ0v) is 13.6. The zero-order valence-electron chi connectivity index (χ0n) is 13.6. The second-order valence-corrected chi connectivity index (χ2v) is 5.90. The number of halogens is 11. The molecule has 1 nitrogen and oxygen atoms in total. The molecule has 0 aliphatic carbocycles. The topological polar surface area (TPSA) is 9.23 Å². The highest BCUT2D eigenvalue weighted by atomic mass is 19.4. The first-order valence-electron chi connectivity index (χ1n) is 6.96. The van der Waals surface area contributed by atoms with Gasteiger partial charge in [0.1, 0.15) is 5.60 Å². The van der Waals surface area contributed by atoms with Crippen molar-refractivity contribution in [3.05, 3.63) is 0 Å². The molecule has 12 heteroatoms. The van der Waals surface area contributed by atoms with Crippen molar-refractivity contribution in [1.82, 2.24) is 0 Å². The first kappa shape index (κ1) is 24.2. The van der Waals surface area contributed by atoms with Gasteiger partial charge in [-0.1, -0.05) is 13.8 Å². The van der Waals surface area contributed by atoms with Crippen molar-refractivity contribution in [1.29, 1.82) is 0 Å². The summed E-state index contributed by atoms with van der Waals surface area (Å²) in [6.07, 6.45) is -25.3. The summed E-state index contributed by atoms with van der Waals surface area (Å²) in [5, 5.41) is 0. The lowest BCUT2D eigenvalue weighted by Crippen LogP contribution is -2.69. The minimum atomic E-state index is -6.56. The van der Waals surface area contributed by atoms with Crippen molar-refractivity contribution in [3.63, 3.8) is 0 Å². The molecule has 0 heterocycles. The Balaban J connectivity index is 6.24. The predicted molar refractivity (Wildman–Crippen MR) is 65.4 cm³/mol. The summed E-state index contributed by atoms with van der Waals surface area (Å²) in [5.41, 5.74) is -13.9. The lowest BCUT2D eigenvalue weighted by Gasteiger charge is -2.45. The van der Waals surface area contributed by atoms with Crippen molar-refractivity contribution in [3.8, 4) is 0 Å². The molecule has 0 fully saturated rings. The van der Waals surface area contributed by atoms with Crippen molar-refractivity contribution < 1.29 is 53.0 Å². The Morgan fingerprint density at radius 3 is 1.40 bits per heavy atom. The van der Waals surface area contributed by atoms with Gasteiger partial charge in [-0.15, -0.1) is 0 Å². The van der Waals surface area contributed by atoms with Crippen LogP contribution in [0.5, 0.6) is 0 Å². The zero-order chi connectivity index (χ0) is 20.7. The average molecular weight is 398 g/mol. The molecule has 152 valence electrons. The van der Waals surface area contributed by atoms with Crippen molar-refractivity contribution >= 4 is 0 Å². The molecule has 0 aliphatic rings. The van der Waals surface area contributed by atoms with Gasteiger partial charge in [-0.2, -0.15) is 35.1 Å². The molecule has 4 atom stereocenters. The van der Waals surface area contributed by atoms with Gasteiger partial charge in [0.15, 0.2) is 5.67 Å². The van der Waals surface area contributed by atoms with Crippen LogP contribution in [0.4, 0.5) is 48.3 Å². The summed E-state index contributed by atoms with van der Waals surface area (Å²) in [6.45, 7) is 1.27. The summed E-state index contributed by atoms with van der Waals surface area (Å²) >= 11 is 0. The Hall–Kier alpha value is -0.810. The predicted octanol–water partition coefficient (Wildman–Crippen LogP) is 6.07. The van der Waals surface area contributed by atoms with Gasteiger partial charge in [0, 0.05) is 0 Å². The van der Waals surface area contributed by atoms with E-state index < -0.39 is 54.4 Å². The normalized spacial score (nSPS) is 22.7. The number of hydrogen-bond donors (Lipinski definition) is 0. The third-order valence-corrected chi connectivity index (χ3v) is 4.06. The fourth-order valence-electron chi connectivity index (χ4n) is 2.02. The lowest BCUT2D eigenvalue weighted by molar-refractivity contribution is -0.437. The summed E-state index contributed by atoms with van der Waals surface area (Å²) < 4.78 is 149. The van der Waals surface area contributed by atoms with Crippen LogP contribution in [-0.4, -0.2) is 41.6 Å². The first-order valence-corrected chi connectivity index (χ1v) is 6.96. The van der Waals surface area contributed by atoms with Gasteiger partial charge in [-0.05, 0) is 26.7 Å². The number of rotatable bonds is 7. The van der Waals surface area contributed by atoms with Crippen LogP contribution in [0.25, 0.3) is 0 Å². The smallest absolute Gasteiger partial charge is 0.308 e. The molecule has 0 N–H and O–H groups in total. The fourth-order valence-corrected chi connectivity index (χ4v) is 2.02. The number of hydrogen-bond acceptors (Lipinski definition) is 1. The summed E-state index contributed by atoms with van der Waals surface area (Å²) in [5.74, 6) is 0. The van der Waals surface area contributed by atoms with Gasteiger partial charge in [-0.25, -0.2) is 13.2 Å². The quantitative estimate of drug-likeness (QED) is 0.473. The lowest BCUT2D eigenvalue weighted by atomic mass is 9.83. The summed E-state index contributed by atoms with van der Waals surface area (Å²) in [7, 11) is 0. The monoisotopic (exact) mass is 398 g/mol. The van der Waals surface area contributed by atoms with E-state index in [-0.39, 0.29) is 13.8 Å². The molecule has 0 saturated carbocycles. The summed E-state index contributed by atoms with van der Waals surface area (Å²) in [4.78, 5) is 0. The number of alkyl halides is 11. The molecule has 0 aromatic rings. The van der Waals surface area contributed by atoms with Crippen LogP contribution in [0, 0.1) is 0 Å². The van der Waals surface area contributed by atoms with Gasteiger partial charge in [-0.3, -0.25) is 0 Å². The molecule has 25 heavy (non-hydrogen) atoms. The van der Waals surface area contributed by atoms with E-state index in [0.717, 1.165) is 0 Å². The Morgan fingerprint density at radius 1 is 0.760 bits per heavy atom. The van der Waals surface area contributed by atoms with Crippen molar-refractivity contribution in [2.45, 2.75) is 82.1 Å². The molecule has 0 rings (SSSR count). The van der Waals surface area contributed by atoms with Gasteiger partial charge in [0.05, 0.1) is 0 Å². The van der Waals surface area contributed by atoms with Gasteiger partial charge >= 0.3 is 24.1 Å². The van der Waals surface area contributed by atoms with Gasteiger partial charge in [0.2, 0.25) is 6.17 Å². The Labute approximate surface area is 136 Å². The maximum atomic E-state index is 14.3. The van der Waals surface area contributed by atoms with E-state index in [2.05, 4.69) is 4.74 Å². The van der Waals surface area contributed by atoms with Crippen molar-refractivity contribution in [2.75, 3.05) is 0 Å². The van der Waals surface area contributed by atoms with Gasteiger partial charge in [0.25, 0.3) is 0 Å². The third-order valence-electron chi connectivity index (χ3n) is 4.06. The Bertz CT molecular complexity index is 456. The maximum absolute atomic E-state index is 14.3. The fraction of sp³-hybridized carbons (Fsp3) is 1.00. The highest BCUT2D eigenvalue weighted by molar-refractivity contribution is 5.09. The molecule has 0 spiro atoms. The largest absolute Gasteiger partial charge is 0.434 e.